The van der Waals surface area contributed by atoms with Gasteiger partial charge in [0.15, 0.2) is 0 Å². The Morgan fingerprint density at radius 2 is 0.737 bits per heavy atom. The van der Waals surface area contributed by atoms with Gasteiger partial charge in [-0.1, -0.05) is 0 Å². The van der Waals surface area contributed by atoms with Gasteiger partial charge < -0.3 is 13.6 Å². The molecule has 38 heavy (non-hydrogen) atoms. The van der Waals surface area contributed by atoms with E-state index in [1.807, 2.05) is 0 Å². The van der Waals surface area contributed by atoms with Gasteiger partial charge in [0.1, 0.15) is 17.2 Å². The Hall–Kier alpha value is -4.51. The molecule has 3 aromatic carbocycles. The normalized spacial score (nSPS) is 11.1. The summed E-state index contributed by atoms with van der Waals surface area (Å²) < 4.78 is 31.3. The van der Waals surface area contributed by atoms with Crippen LogP contribution in [0.2, 0.25) is 0 Å². The maximum Gasteiger partial charge on any atom is 0.647 e. The number of phosphoric ester groups is 1. The molecule has 0 bridgehead atoms. The van der Waals surface area contributed by atoms with Gasteiger partial charge in [0, 0.05) is 51.6 Å². The van der Waals surface area contributed by atoms with E-state index in [0.717, 1.165) is 0 Å². The van der Waals surface area contributed by atoms with Crippen molar-refractivity contribution >= 4 is 24.9 Å². The summed E-state index contributed by atoms with van der Waals surface area (Å²) in [7, 11) is -4.65. The lowest BCUT2D eigenvalue weighted by Crippen LogP contribution is -2.11. The van der Waals surface area contributed by atoms with Gasteiger partial charge in [-0.05, 0) is 59.7 Å². The minimum absolute atomic E-state index is 0.0241. The Bertz CT molecular complexity index is 1360. The zero-order chi connectivity index (χ0) is 28.5. The number of benzene rings is 3. The Morgan fingerprint density at radius 1 is 0.500 bits per heavy atom. The topological polar surface area (TPSA) is 174 Å². The molecule has 0 atom stereocenters. The summed E-state index contributed by atoms with van der Waals surface area (Å²) in [4.78, 5) is 32.2. The van der Waals surface area contributed by atoms with Crippen LogP contribution in [0, 0.1) is 71.9 Å². The van der Waals surface area contributed by atoms with Gasteiger partial charge in [-0.25, -0.2) is 0 Å². The van der Waals surface area contributed by atoms with E-state index in [0.29, 0.717) is 16.7 Å². The van der Waals surface area contributed by atoms with E-state index in [1.165, 1.54) is 77.9 Å². The zero-order valence-electron chi connectivity index (χ0n) is 21.3. The highest BCUT2D eigenvalue weighted by Crippen LogP contribution is 2.53. The maximum atomic E-state index is 14.1. The molecule has 0 amide bonds. The summed E-state index contributed by atoms with van der Waals surface area (Å²) in [5, 5.41) is 33.9. The summed E-state index contributed by atoms with van der Waals surface area (Å²) in [5.74, 6) is -0.0722. The van der Waals surface area contributed by atoms with Gasteiger partial charge in [-0.2, -0.15) is 4.57 Å². The van der Waals surface area contributed by atoms with Crippen molar-refractivity contribution in [1.82, 2.24) is 0 Å². The minimum Gasteiger partial charge on any atom is -0.386 e. The average molecular weight is 545 g/mol. The molecule has 3 aromatic rings. The van der Waals surface area contributed by atoms with Gasteiger partial charge in [-0.3, -0.25) is 30.3 Å². The third kappa shape index (κ3) is 5.42. The minimum atomic E-state index is -4.65. The second kappa shape index (κ2) is 10.5. The van der Waals surface area contributed by atoms with Gasteiger partial charge in [0.2, 0.25) is 0 Å². The molecular formula is C24H24N3O10P. The van der Waals surface area contributed by atoms with Gasteiger partial charge >= 0.3 is 7.82 Å². The van der Waals surface area contributed by atoms with Gasteiger partial charge in [-0.15, -0.1) is 0 Å². The van der Waals surface area contributed by atoms with Gasteiger partial charge in [0.05, 0.1) is 14.8 Å². The van der Waals surface area contributed by atoms with E-state index < -0.39 is 22.6 Å². The Morgan fingerprint density at radius 3 is 0.947 bits per heavy atom. The molecule has 0 aliphatic heterocycles. The summed E-state index contributed by atoms with van der Waals surface area (Å²) in [6.07, 6.45) is 0. The van der Waals surface area contributed by atoms with Crippen molar-refractivity contribution in [1.29, 1.82) is 0 Å². The van der Waals surface area contributed by atoms with Crippen LogP contribution in [0.15, 0.2) is 36.4 Å². The van der Waals surface area contributed by atoms with E-state index in [-0.39, 0.29) is 51.0 Å². The van der Waals surface area contributed by atoms with Crippen LogP contribution in [0.1, 0.15) is 33.4 Å². The maximum absolute atomic E-state index is 14.1. The fourth-order valence-corrected chi connectivity index (χ4v) is 5.08. The van der Waals surface area contributed by atoms with Crippen LogP contribution in [0.5, 0.6) is 17.2 Å². The van der Waals surface area contributed by atoms with Crippen LogP contribution < -0.4 is 13.6 Å². The molecule has 14 heteroatoms. The number of phosphoric acid groups is 1. The molecule has 3 rings (SSSR count). The summed E-state index contributed by atoms with van der Waals surface area (Å²) in [6, 6.07) is 7.31. The van der Waals surface area contributed by atoms with Crippen LogP contribution in [0.4, 0.5) is 17.1 Å². The highest BCUT2D eigenvalue weighted by molar-refractivity contribution is 7.49. The first-order chi connectivity index (χ1) is 17.7. The van der Waals surface area contributed by atoms with Crippen LogP contribution in [0.25, 0.3) is 0 Å². The monoisotopic (exact) mass is 545 g/mol. The van der Waals surface area contributed by atoms with E-state index in [1.54, 1.807) is 0 Å². The number of hydrogen-bond donors (Lipinski definition) is 0. The molecule has 0 aromatic heterocycles. The molecule has 0 heterocycles. The lowest BCUT2D eigenvalue weighted by atomic mass is 10.1. The first-order valence-corrected chi connectivity index (χ1v) is 12.6. The SMILES string of the molecule is Cc1c(OP(=O)(Oc2ccc([N+](=O)[O-])c(C)c2C)Oc2ccc([N+](=O)[O-])c(C)c2C)ccc([N+](=O)[O-])c1C. The lowest BCUT2D eigenvalue weighted by Gasteiger charge is -2.23. The Kier molecular flexibility index (Phi) is 7.73. The van der Waals surface area contributed by atoms with Crippen molar-refractivity contribution in [3.05, 3.63) is 100 Å². The molecule has 0 saturated carbocycles. The zero-order valence-corrected chi connectivity index (χ0v) is 22.2. The number of rotatable bonds is 9. The molecule has 0 aliphatic rings. The molecule has 13 nitrogen and oxygen atoms in total. The Labute approximate surface area is 217 Å². The molecular weight excluding hydrogens is 521 g/mol. The average Bonchev–Trinajstić information content (AvgIpc) is 2.82. The van der Waals surface area contributed by atoms with Crippen LogP contribution in [0.3, 0.4) is 0 Å². The molecule has 0 unspecified atom stereocenters. The molecule has 0 saturated heterocycles. The van der Waals surface area contributed by atoms with E-state index in [2.05, 4.69) is 0 Å². The van der Waals surface area contributed by atoms with Gasteiger partial charge in [0.25, 0.3) is 17.1 Å². The molecule has 0 N–H and O–H groups in total. The van der Waals surface area contributed by atoms with E-state index in [4.69, 9.17) is 13.6 Å². The van der Waals surface area contributed by atoms with Crippen molar-refractivity contribution in [3.8, 4) is 17.2 Å². The highest BCUT2D eigenvalue weighted by atomic mass is 31.2. The molecule has 200 valence electrons. The summed E-state index contributed by atoms with van der Waals surface area (Å²) in [5.41, 5.74) is 1.20. The van der Waals surface area contributed by atoms with Crippen molar-refractivity contribution in [2.24, 2.45) is 0 Å². The quantitative estimate of drug-likeness (QED) is 0.156. The smallest absolute Gasteiger partial charge is 0.386 e. The molecule has 0 fully saturated rings. The van der Waals surface area contributed by atoms with E-state index in [9.17, 15) is 34.9 Å². The van der Waals surface area contributed by atoms with Crippen LogP contribution >= 0.6 is 7.82 Å². The third-order valence-corrected chi connectivity index (χ3v) is 7.61. The summed E-state index contributed by atoms with van der Waals surface area (Å²) in [6.45, 7) is 9.10. The van der Waals surface area contributed by atoms with Crippen molar-refractivity contribution in [2.45, 2.75) is 41.5 Å². The summed E-state index contributed by atoms with van der Waals surface area (Å²) >= 11 is 0. The lowest BCUT2D eigenvalue weighted by molar-refractivity contribution is -0.385. The highest BCUT2D eigenvalue weighted by Gasteiger charge is 2.37. The van der Waals surface area contributed by atoms with Crippen molar-refractivity contribution < 1.29 is 32.9 Å². The standard InChI is InChI=1S/C24H24N3O10P/c1-13-16(4)22(10-7-19(13)25(28)29)35-38(34,36-23-11-8-20(26(30)31)14(2)17(23)5)37-24-12-9-21(27(32)33)15(3)18(24)6/h7-12H,1-6H3. The fourth-order valence-electron chi connectivity index (χ4n) is 3.65. The third-order valence-electron chi connectivity index (χ3n) is 6.35. The first-order valence-electron chi connectivity index (χ1n) is 11.1. The number of hydrogen-bond acceptors (Lipinski definition) is 10. The molecule has 0 spiro atoms. The Balaban J connectivity index is 2.13. The largest absolute Gasteiger partial charge is 0.647 e. The van der Waals surface area contributed by atoms with E-state index >= 15 is 0 Å². The van der Waals surface area contributed by atoms with Crippen LogP contribution in [-0.2, 0) is 4.57 Å². The molecule has 0 radical (unpaired) electrons. The predicted molar refractivity (Wildman–Crippen MR) is 137 cm³/mol. The number of nitrogens with zero attached hydrogens (tertiary/aromatic N) is 3. The second-order valence-corrected chi connectivity index (χ2v) is 9.93. The fraction of sp³-hybridized carbons (Fsp3) is 0.250. The predicted octanol–water partition coefficient (Wildman–Crippen LogP) is 6.91. The van der Waals surface area contributed by atoms with Crippen molar-refractivity contribution in [2.75, 3.05) is 0 Å². The van der Waals surface area contributed by atoms with Crippen molar-refractivity contribution in [3.63, 3.8) is 0 Å². The molecule has 0 aliphatic carbocycles. The van der Waals surface area contributed by atoms with Crippen LogP contribution in [-0.4, -0.2) is 14.8 Å². The second-order valence-electron chi connectivity index (χ2n) is 8.49. The first kappa shape index (κ1) is 28.1. The number of nitro benzene ring substituents is 3. The number of nitro groups is 3.